The lowest BCUT2D eigenvalue weighted by molar-refractivity contribution is -0.139. The molecule has 8 nitrogen and oxygen atoms in total. The molecule has 2 bridgehead atoms. The number of pyridine rings is 1. The zero-order chi connectivity index (χ0) is 26.3. The number of imidazole rings is 1. The zero-order valence-corrected chi connectivity index (χ0v) is 20.5. The summed E-state index contributed by atoms with van der Waals surface area (Å²) in [6, 6.07) is 7.41. The second kappa shape index (κ2) is 9.67. The van der Waals surface area contributed by atoms with E-state index in [0.29, 0.717) is 23.0 Å². The number of aryl methyl sites for hydroxylation is 1. The minimum absolute atomic E-state index is 0.0358. The summed E-state index contributed by atoms with van der Waals surface area (Å²) in [5.41, 5.74) is 0.473. The van der Waals surface area contributed by atoms with Gasteiger partial charge in [-0.05, 0) is 56.4 Å². The largest absolute Gasteiger partial charge is 0.491 e. The molecule has 1 saturated heterocycles. The number of nitriles is 1. The smallest absolute Gasteiger partial charge is 0.419 e. The molecule has 3 atom stereocenters. The van der Waals surface area contributed by atoms with E-state index in [-0.39, 0.29) is 47.8 Å². The minimum Gasteiger partial charge on any atom is -0.491 e. The standard InChI is InChI=1S/C26H27F3N6O2/c1-15(35-13-16-3-5-18(35)9-16)25(36)31-7-8-37-23-6-4-17(10-19(23)26(27,28)29)20-11-22-24(21(12-30)33-20)32-14-34(22)2/h4,6,10-11,14-16,18H,3,5,7-9,13H2,1-2H3,(H,31,36). The van der Waals surface area contributed by atoms with Crippen LogP contribution in [0.1, 0.15) is 37.4 Å². The van der Waals surface area contributed by atoms with Crippen LogP contribution in [0, 0.1) is 17.2 Å². The lowest BCUT2D eigenvalue weighted by atomic mass is 10.1. The van der Waals surface area contributed by atoms with E-state index in [9.17, 15) is 23.2 Å². The van der Waals surface area contributed by atoms with Crippen LogP contribution in [0.5, 0.6) is 5.75 Å². The van der Waals surface area contributed by atoms with Crippen molar-refractivity contribution in [2.75, 3.05) is 19.7 Å². The zero-order valence-electron chi connectivity index (χ0n) is 20.5. The summed E-state index contributed by atoms with van der Waals surface area (Å²) in [6.45, 7) is 2.78. The highest BCUT2D eigenvalue weighted by Gasteiger charge is 2.41. The third-order valence-corrected chi connectivity index (χ3v) is 7.39. The van der Waals surface area contributed by atoms with Crippen LogP contribution in [0.25, 0.3) is 22.3 Å². The first-order valence-corrected chi connectivity index (χ1v) is 12.3. The molecule has 3 aromatic rings. The summed E-state index contributed by atoms with van der Waals surface area (Å²) in [6.07, 6.45) is 0.318. The Labute approximate surface area is 212 Å². The van der Waals surface area contributed by atoms with Crippen molar-refractivity contribution >= 4 is 16.9 Å². The van der Waals surface area contributed by atoms with Crippen LogP contribution >= 0.6 is 0 Å². The van der Waals surface area contributed by atoms with E-state index >= 15 is 0 Å². The summed E-state index contributed by atoms with van der Waals surface area (Å²) in [5, 5.41) is 12.2. The Kier molecular flexibility index (Phi) is 6.54. The number of carbonyl (C=O) groups excluding carboxylic acids is 1. The molecular weight excluding hydrogens is 485 g/mol. The van der Waals surface area contributed by atoms with Gasteiger partial charge in [-0.15, -0.1) is 0 Å². The van der Waals surface area contributed by atoms with E-state index in [1.165, 1.54) is 24.9 Å². The first-order valence-electron chi connectivity index (χ1n) is 12.3. The summed E-state index contributed by atoms with van der Waals surface area (Å²) in [5.74, 6) is 0.185. The van der Waals surface area contributed by atoms with Crippen molar-refractivity contribution < 1.29 is 22.7 Å². The van der Waals surface area contributed by atoms with Crippen molar-refractivity contribution in [3.63, 3.8) is 0 Å². The Morgan fingerprint density at radius 1 is 1.32 bits per heavy atom. The van der Waals surface area contributed by atoms with Gasteiger partial charge in [0.25, 0.3) is 0 Å². The van der Waals surface area contributed by atoms with Crippen LogP contribution in [-0.4, -0.2) is 57.1 Å². The molecule has 3 heterocycles. The van der Waals surface area contributed by atoms with E-state index in [2.05, 4.69) is 20.2 Å². The number of halogens is 3. The van der Waals surface area contributed by atoms with Crippen molar-refractivity contribution in [3.05, 3.63) is 41.9 Å². The second-order valence-electron chi connectivity index (χ2n) is 9.74. The number of alkyl halides is 3. The Balaban J connectivity index is 1.28. The number of fused-ring (bicyclic) bond motifs is 3. The number of amides is 1. The number of likely N-dealkylation sites (tertiary alicyclic amines) is 1. The molecule has 194 valence electrons. The molecule has 1 aromatic carbocycles. The normalized spacial score (nSPS) is 20.2. The molecule has 2 fully saturated rings. The fourth-order valence-electron chi connectivity index (χ4n) is 5.46. The lowest BCUT2D eigenvalue weighted by Gasteiger charge is -2.31. The predicted octanol–water partition coefficient (Wildman–Crippen LogP) is 3.89. The maximum atomic E-state index is 13.9. The number of carbonyl (C=O) groups is 1. The van der Waals surface area contributed by atoms with Gasteiger partial charge in [-0.3, -0.25) is 9.69 Å². The van der Waals surface area contributed by atoms with E-state index in [1.54, 1.807) is 17.7 Å². The van der Waals surface area contributed by atoms with E-state index in [0.717, 1.165) is 25.5 Å². The number of nitrogens with one attached hydrogen (secondary N) is 1. The van der Waals surface area contributed by atoms with Crippen LogP contribution in [0.4, 0.5) is 13.2 Å². The SMILES string of the molecule is CC(C(=O)NCCOc1ccc(-c2cc3c(ncn3C)c(C#N)n2)cc1C(F)(F)F)N1CC2CCC1C2. The van der Waals surface area contributed by atoms with Gasteiger partial charge in [-0.2, -0.15) is 18.4 Å². The molecule has 1 aliphatic heterocycles. The third kappa shape index (κ3) is 4.85. The molecule has 0 radical (unpaired) electrons. The van der Waals surface area contributed by atoms with Gasteiger partial charge in [0.1, 0.15) is 23.9 Å². The van der Waals surface area contributed by atoms with Gasteiger partial charge in [0.15, 0.2) is 5.69 Å². The van der Waals surface area contributed by atoms with Crippen LogP contribution in [0.3, 0.4) is 0 Å². The third-order valence-electron chi connectivity index (χ3n) is 7.39. The first-order chi connectivity index (χ1) is 17.7. The highest BCUT2D eigenvalue weighted by molar-refractivity contribution is 5.84. The fraction of sp³-hybridized carbons (Fsp3) is 0.462. The number of piperidine rings is 1. The molecule has 37 heavy (non-hydrogen) atoms. The van der Waals surface area contributed by atoms with Gasteiger partial charge in [0, 0.05) is 25.2 Å². The molecule has 5 rings (SSSR count). The topological polar surface area (TPSA) is 96.1 Å². The fourth-order valence-corrected chi connectivity index (χ4v) is 5.46. The molecule has 1 amide bonds. The van der Waals surface area contributed by atoms with Crippen molar-refractivity contribution in [2.45, 2.75) is 44.4 Å². The van der Waals surface area contributed by atoms with Crippen molar-refractivity contribution in [1.82, 2.24) is 24.8 Å². The molecule has 11 heteroatoms. The van der Waals surface area contributed by atoms with Gasteiger partial charge < -0.3 is 14.6 Å². The number of benzene rings is 1. The summed E-state index contributed by atoms with van der Waals surface area (Å²) in [7, 11) is 1.73. The second-order valence-corrected chi connectivity index (χ2v) is 9.74. The minimum atomic E-state index is -4.67. The van der Waals surface area contributed by atoms with Crippen LogP contribution < -0.4 is 10.1 Å². The van der Waals surface area contributed by atoms with Gasteiger partial charge >= 0.3 is 6.18 Å². The highest BCUT2D eigenvalue weighted by Crippen LogP contribution is 2.40. The number of aromatic nitrogens is 3. The summed E-state index contributed by atoms with van der Waals surface area (Å²) in [4.78, 5) is 23.1. The predicted molar refractivity (Wildman–Crippen MR) is 129 cm³/mol. The Morgan fingerprint density at radius 3 is 2.81 bits per heavy atom. The number of hydrogen-bond acceptors (Lipinski definition) is 6. The number of hydrogen-bond donors (Lipinski definition) is 1. The molecule has 1 aliphatic carbocycles. The maximum absolute atomic E-state index is 13.9. The molecule has 0 spiro atoms. The van der Waals surface area contributed by atoms with Gasteiger partial charge in [-0.25, -0.2) is 9.97 Å². The summed E-state index contributed by atoms with van der Waals surface area (Å²) >= 11 is 0. The molecular formula is C26H27F3N6O2. The van der Waals surface area contributed by atoms with Crippen molar-refractivity contribution in [3.8, 4) is 23.1 Å². The van der Waals surface area contributed by atoms with Crippen LogP contribution in [-0.2, 0) is 18.0 Å². The maximum Gasteiger partial charge on any atom is 0.419 e. The molecule has 2 aromatic heterocycles. The monoisotopic (exact) mass is 512 g/mol. The van der Waals surface area contributed by atoms with Crippen LogP contribution in [0.15, 0.2) is 30.6 Å². The average Bonchev–Trinajstić information content (AvgIpc) is 3.61. The number of rotatable bonds is 7. The average molecular weight is 513 g/mol. The Bertz CT molecular complexity index is 1380. The lowest BCUT2D eigenvalue weighted by Crippen LogP contribution is -2.48. The van der Waals surface area contributed by atoms with Crippen LogP contribution in [0.2, 0.25) is 0 Å². The first kappa shape index (κ1) is 25.0. The van der Waals surface area contributed by atoms with E-state index in [1.807, 2.05) is 13.0 Å². The number of nitrogens with zero attached hydrogens (tertiary/aromatic N) is 5. The quantitative estimate of drug-likeness (QED) is 0.483. The van der Waals surface area contributed by atoms with Gasteiger partial charge in [0.2, 0.25) is 5.91 Å². The Hall–Kier alpha value is -3.65. The van der Waals surface area contributed by atoms with Gasteiger partial charge in [0.05, 0.1) is 35.7 Å². The molecule has 3 unspecified atom stereocenters. The van der Waals surface area contributed by atoms with Crippen molar-refractivity contribution in [2.24, 2.45) is 13.0 Å². The van der Waals surface area contributed by atoms with Gasteiger partial charge in [-0.1, -0.05) is 0 Å². The molecule has 2 aliphatic rings. The Morgan fingerprint density at radius 2 is 2.14 bits per heavy atom. The summed E-state index contributed by atoms with van der Waals surface area (Å²) < 4.78 is 48.8. The molecule has 1 N–H and O–H groups in total. The van der Waals surface area contributed by atoms with E-state index < -0.39 is 11.7 Å². The van der Waals surface area contributed by atoms with Crippen molar-refractivity contribution in [1.29, 1.82) is 5.26 Å². The van der Waals surface area contributed by atoms with E-state index in [4.69, 9.17) is 4.74 Å². The highest BCUT2D eigenvalue weighted by atomic mass is 19.4. The number of ether oxygens (including phenoxy) is 1. The molecule has 1 saturated carbocycles.